The van der Waals surface area contributed by atoms with Gasteiger partial charge in [0.25, 0.3) is 0 Å². The highest BCUT2D eigenvalue weighted by molar-refractivity contribution is 9.10. The van der Waals surface area contributed by atoms with Crippen LogP contribution in [0, 0.1) is 5.82 Å². The van der Waals surface area contributed by atoms with Gasteiger partial charge in [0.15, 0.2) is 0 Å². The molecule has 2 rings (SSSR count). The molecule has 5 heteroatoms. The molecular formula is C16H18BrFN2O. The van der Waals surface area contributed by atoms with Crippen molar-refractivity contribution in [1.29, 1.82) is 0 Å². The van der Waals surface area contributed by atoms with E-state index in [2.05, 4.69) is 21.4 Å². The van der Waals surface area contributed by atoms with Crippen LogP contribution in [0.25, 0.3) is 0 Å². The SMILES string of the molecule is COc1ccc(CC(Cc2cc(Br)ccc2F)NN)cc1. The molecular weight excluding hydrogens is 335 g/mol. The third kappa shape index (κ3) is 4.52. The summed E-state index contributed by atoms with van der Waals surface area (Å²) in [4.78, 5) is 0. The van der Waals surface area contributed by atoms with Crippen LogP contribution in [-0.2, 0) is 12.8 Å². The monoisotopic (exact) mass is 352 g/mol. The molecule has 21 heavy (non-hydrogen) atoms. The number of benzene rings is 2. The number of rotatable bonds is 6. The minimum Gasteiger partial charge on any atom is -0.497 e. The molecule has 0 aliphatic rings. The van der Waals surface area contributed by atoms with Crippen LogP contribution < -0.4 is 16.0 Å². The summed E-state index contributed by atoms with van der Waals surface area (Å²) >= 11 is 3.36. The van der Waals surface area contributed by atoms with Gasteiger partial charge in [0, 0.05) is 10.5 Å². The van der Waals surface area contributed by atoms with Gasteiger partial charge in [0.2, 0.25) is 0 Å². The predicted octanol–water partition coefficient (Wildman–Crippen LogP) is 3.21. The zero-order chi connectivity index (χ0) is 15.2. The van der Waals surface area contributed by atoms with Gasteiger partial charge < -0.3 is 4.74 Å². The Morgan fingerprint density at radius 2 is 1.90 bits per heavy atom. The minimum absolute atomic E-state index is 0.0396. The number of methoxy groups -OCH3 is 1. The standard InChI is InChI=1S/C16H18BrFN2O/c1-21-15-5-2-11(3-6-15)8-14(20-19)10-12-9-13(17)4-7-16(12)18/h2-7,9,14,20H,8,10,19H2,1H3. The van der Waals surface area contributed by atoms with Crippen LogP contribution in [0.3, 0.4) is 0 Å². The van der Waals surface area contributed by atoms with Crippen LogP contribution in [0.2, 0.25) is 0 Å². The van der Waals surface area contributed by atoms with E-state index in [0.29, 0.717) is 18.4 Å². The summed E-state index contributed by atoms with van der Waals surface area (Å²) < 4.78 is 19.8. The van der Waals surface area contributed by atoms with Crippen molar-refractivity contribution in [3.05, 3.63) is 63.9 Å². The Balaban J connectivity index is 2.07. The second kappa shape index (κ2) is 7.54. The average Bonchev–Trinajstić information content (AvgIpc) is 2.51. The van der Waals surface area contributed by atoms with E-state index >= 15 is 0 Å². The smallest absolute Gasteiger partial charge is 0.126 e. The van der Waals surface area contributed by atoms with Crippen molar-refractivity contribution in [3.63, 3.8) is 0 Å². The molecule has 0 heterocycles. The number of nitrogens with two attached hydrogens (primary N) is 1. The Bertz CT molecular complexity index is 589. The first-order valence-corrected chi connectivity index (χ1v) is 7.44. The maximum Gasteiger partial charge on any atom is 0.126 e. The number of hydrazine groups is 1. The molecule has 0 amide bonds. The highest BCUT2D eigenvalue weighted by Crippen LogP contribution is 2.19. The number of ether oxygens (including phenoxy) is 1. The third-order valence-electron chi connectivity index (χ3n) is 3.35. The molecule has 0 aromatic heterocycles. The molecule has 0 aliphatic heterocycles. The van der Waals surface area contributed by atoms with Gasteiger partial charge in [-0.2, -0.15) is 0 Å². The number of nitrogens with one attached hydrogen (secondary N) is 1. The fourth-order valence-corrected chi connectivity index (χ4v) is 2.61. The quantitative estimate of drug-likeness (QED) is 0.619. The molecule has 2 aromatic carbocycles. The zero-order valence-corrected chi connectivity index (χ0v) is 13.4. The van der Waals surface area contributed by atoms with Crippen LogP contribution in [0.15, 0.2) is 46.9 Å². The summed E-state index contributed by atoms with van der Waals surface area (Å²) in [6.45, 7) is 0. The highest BCUT2D eigenvalue weighted by Gasteiger charge is 2.12. The lowest BCUT2D eigenvalue weighted by molar-refractivity contribution is 0.414. The number of halogens is 2. The molecule has 3 nitrogen and oxygen atoms in total. The molecule has 0 bridgehead atoms. The Morgan fingerprint density at radius 3 is 2.52 bits per heavy atom. The Kier molecular flexibility index (Phi) is 5.73. The molecule has 3 N–H and O–H groups in total. The van der Waals surface area contributed by atoms with Crippen LogP contribution in [0.4, 0.5) is 4.39 Å². The highest BCUT2D eigenvalue weighted by atomic mass is 79.9. The second-order valence-corrected chi connectivity index (χ2v) is 5.77. The molecule has 2 aromatic rings. The number of hydrogen-bond donors (Lipinski definition) is 2. The lowest BCUT2D eigenvalue weighted by Gasteiger charge is -2.17. The maximum atomic E-state index is 13.8. The summed E-state index contributed by atoms with van der Waals surface area (Å²) in [5.41, 5.74) is 4.52. The van der Waals surface area contributed by atoms with E-state index in [1.807, 2.05) is 24.3 Å². The topological polar surface area (TPSA) is 47.3 Å². The molecule has 0 spiro atoms. The largest absolute Gasteiger partial charge is 0.497 e. The first-order chi connectivity index (χ1) is 10.1. The van der Waals surface area contributed by atoms with E-state index in [0.717, 1.165) is 15.8 Å². The van der Waals surface area contributed by atoms with Gasteiger partial charge in [-0.25, -0.2) is 4.39 Å². The van der Waals surface area contributed by atoms with E-state index in [9.17, 15) is 4.39 Å². The van der Waals surface area contributed by atoms with Crippen molar-refractivity contribution in [3.8, 4) is 5.75 Å². The van der Waals surface area contributed by atoms with Crippen LogP contribution in [0.1, 0.15) is 11.1 Å². The Labute approximate surface area is 132 Å². The summed E-state index contributed by atoms with van der Waals surface area (Å²) in [5.74, 6) is 6.20. The van der Waals surface area contributed by atoms with Gasteiger partial charge in [-0.05, 0) is 54.3 Å². The summed E-state index contributed by atoms with van der Waals surface area (Å²) in [6.07, 6.45) is 1.24. The predicted molar refractivity (Wildman–Crippen MR) is 85.6 cm³/mol. The van der Waals surface area contributed by atoms with Crippen LogP contribution >= 0.6 is 15.9 Å². The number of hydrogen-bond acceptors (Lipinski definition) is 3. The molecule has 0 saturated carbocycles. The van der Waals surface area contributed by atoms with Gasteiger partial charge in [0.05, 0.1) is 7.11 Å². The molecule has 0 fully saturated rings. The van der Waals surface area contributed by atoms with Gasteiger partial charge >= 0.3 is 0 Å². The Hall–Kier alpha value is -1.43. The Morgan fingerprint density at radius 1 is 1.19 bits per heavy atom. The first-order valence-electron chi connectivity index (χ1n) is 6.65. The fourth-order valence-electron chi connectivity index (χ4n) is 2.20. The molecule has 0 saturated heterocycles. The molecule has 0 radical (unpaired) electrons. The third-order valence-corrected chi connectivity index (χ3v) is 3.84. The average molecular weight is 353 g/mol. The maximum absolute atomic E-state index is 13.8. The van der Waals surface area contributed by atoms with Crippen molar-refractivity contribution in [1.82, 2.24) is 5.43 Å². The fraction of sp³-hybridized carbons (Fsp3) is 0.250. The van der Waals surface area contributed by atoms with E-state index < -0.39 is 0 Å². The summed E-state index contributed by atoms with van der Waals surface area (Å²) in [6, 6.07) is 12.7. The van der Waals surface area contributed by atoms with Crippen molar-refractivity contribution in [2.24, 2.45) is 5.84 Å². The first kappa shape index (κ1) is 15.9. The molecule has 112 valence electrons. The van der Waals surface area contributed by atoms with Crippen molar-refractivity contribution in [2.75, 3.05) is 7.11 Å². The zero-order valence-electron chi connectivity index (χ0n) is 11.8. The van der Waals surface area contributed by atoms with Crippen molar-refractivity contribution in [2.45, 2.75) is 18.9 Å². The normalized spacial score (nSPS) is 12.2. The van der Waals surface area contributed by atoms with Gasteiger partial charge in [-0.3, -0.25) is 11.3 Å². The van der Waals surface area contributed by atoms with E-state index in [-0.39, 0.29) is 11.9 Å². The lowest BCUT2D eigenvalue weighted by atomic mass is 9.99. The molecule has 1 atom stereocenters. The second-order valence-electron chi connectivity index (χ2n) is 4.86. The minimum atomic E-state index is -0.215. The van der Waals surface area contributed by atoms with E-state index in [1.54, 1.807) is 19.2 Å². The van der Waals surface area contributed by atoms with E-state index in [1.165, 1.54) is 6.07 Å². The van der Waals surface area contributed by atoms with Gasteiger partial charge in [0.1, 0.15) is 11.6 Å². The molecule has 1 unspecified atom stereocenters. The van der Waals surface area contributed by atoms with Crippen molar-refractivity contribution >= 4 is 15.9 Å². The van der Waals surface area contributed by atoms with Crippen molar-refractivity contribution < 1.29 is 9.13 Å². The van der Waals surface area contributed by atoms with Crippen LogP contribution in [-0.4, -0.2) is 13.2 Å². The van der Waals surface area contributed by atoms with Gasteiger partial charge in [-0.15, -0.1) is 0 Å². The summed E-state index contributed by atoms with van der Waals surface area (Å²) in [7, 11) is 1.63. The summed E-state index contributed by atoms with van der Waals surface area (Å²) in [5, 5.41) is 0. The van der Waals surface area contributed by atoms with Gasteiger partial charge in [-0.1, -0.05) is 28.1 Å². The van der Waals surface area contributed by atoms with E-state index in [4.69, 9.17) is 10.6 Å². The molecule has 0 aliphatic carbocycles. The van der Waals surface area contributed by atoms with Crippen LogP contribution in [0.5, 0.6) is 5.75 Å². The lowest BCUT2D eigenvalue weighted by Crippen LogP contribution is -2.38.